The van der Waals surface area contributed by atoms with Crippen molar-refractivity contribution in [2.24, 2.45) is 32.9 Å². The highest BCUT2D eigenvalue weighted by atomic mass is 32.2. The molecular weight excluding hydrogens is 1030 g/mol. The van der Waals surface area contributed by atoms with E-state index in [1.807, 2.05) is 0 Å². The number of carbonyl (C=O) groups excluding carboxylic acids is 2. The van der Waals surface area contributed by atoms with E-state index >= 15 is 0 Å². The zero-order chi connectivity index (χ0) is 55.1. The van der Waals surface area contributed by atoms with Crippen molar-refractivity contribution in [1.82, 2.24) is 18.1 Å². The van der Waals surface area contributed by atoms with Crippen LogP contribution < -0.4 is 41.9 Å². The van der Waals surface area contributed by atoms with E-state index in [0.29, 0.717) is 26.8 Å². The van der Waals surface area contributed by atoms with Crippen molar-refractivity contribution in [1.29, 1.82) is 0 Å². The second-order valence-electron chi connectivity index (χ2n) is 15.9. The molecule has 0 amide bonds. The summed E-state index contributed by atoms with van der Waals surface area (Å²) in [6, 6.07) is 20.7. The number of hydrogen-bond acceptors (Lipinski definition) is 16. The van der Waals surface area contributed by atoms with E-state index in [-0.39, 0.29) is 87.0 Å². The molecule has 0 fully saturated rings. The fourth-order valence-corrected chi connectivity index (χ4v) is 9.62. The molecular formula is C46H58N10O17S2. The second-order valence-corrected chi connectivity index (χ2v) is 19.4. The number of nitrogens with two attached hydrogens (primary N) is 4. The molecule has 0 saturated heterocycles. The minimum atomic E-state index is -4.60. The van der Waals surface area contributed by atoms with Gasteiger partial charge in [-0.15, -0.1) is 0 Å². The predicted molar refractivity (Wildman–Crippen MR) is 269 cm³/mol. The number of hydrogen-bond donors (Lipinski definition) is 10. The number of rotatable bonds is 33. The summed E-state index contributed by atoms with van der Waals surface area (Å²) in [5.74, 6) is -5.71. The molecule has 0 aliphatic heterocycles. The smallest absolute Gasteiger partial charge is 0.343 e. The number of carboxylic acid groups (broad SMARTS) is 3. The van der Waals surface area contributed by atoms with Gasteiger partial charge in [0.15, 0.2) is 11.9 Å². The molecule has 4 rings (SSSR count). The van der Waals surface area contributed by atoms with Gasteiger partial charge in [0, 0.05) is 44.9 Å². The Balaban J connectivity index is 1.31. The van der Waals surface area contributed by atoms with Crippen LogP contribution in [0.5, 0.6) is 11.5 Å². The molecule has 0 aliphatic rings. The first kappa shape index (κ1) is 59.9. The number of ether oxygens (including phenoxy) is 4. The maximum atomic E-state index is 13.7. The van der Waals surface area contributed by atoms with Gasteiger partial charge in [-0.05, 0) is 90.3 Å². The number of nitrogens with one attached hydrogen (secondary N) is 2. The molecule has 406 valence electrons. The fraction of sp³-hybridized carbons (Fsp3) is 0.326. The third-order valence-corrected chi connectivity index (χ3v) is 13.5. The van der Waals surface area contributed by atoms with Crippen molar-refractivity contribution >= 4 is 73.6 Å². The minimum Gasteiger partial charge on any atom is -0.481 e. The average molecular weight is 1090 g/mol. The number of nitrogens with zero attached hydrogens (tertiary/aromatic N) is 4. The van der Waals surface area contributed by atoms with E-state index in [2.05, 4.69) is 19.4 Å². The van der Waals surface area contributed by atoms with Crippen molar-refractivity contribution in [3.63, 3.8) is 0 Å². The number of aliphatic hydroxyl groups excluding tert-OH is 1. The number of carbonyl (C=O) groups is 5. The van der Waals surface area contributed by atoms with Gasteiger partial charge in [0.05, 0.1) is 68.2 Å². The standard InChI is InChI=1S/C46H58N10O17S2/c47-45(48)53-34-9-5-32(6-10-34)43(64)72-38-13-1-30(2-14-38)28-51-74(66,67)55(36(17-20-57)25-40(58)59)18-21-70-23-24-71-22-19-56(37(26-41(60)61)27-42(62)63)75(68,69)52-29-31-3-15-39(16-4-31)73-44(65)33-7-11-35(12-8-33)54-46(49)50/h1-16,36-37,51-52,57H,17-29H2,(H,58,59)(H,60,61)(H,62,63)(H4,47,48,53)(H4,49,50,54). The number of guanidine groups is 2. The molecule has 1 atom stereocenters. The van der Waals surface area contributed by atoms with Gasteiger partial charge in [-0.3, -0.25) is 14.4 Å². The normalized spacial score (nSPS) is 12.0. The van der Waals surface area contributed by atoms with Crippen molar-refractivity contribution in [3.05, 3.63) is 119 Å². The van der Waals surface area contributed by atoms with Gasteiger partial charge in [0.25, 0.3) is 20.4 Å². The molecule has 0 aliphatic carbocycles. The summed E-state index contributed by atoms with van der Waals surface area (Å²) in [5.41, 5.74) is 23.5. The van der Waals surface area contributed by atoms with Crippen LogP contribution in [0.1, 0.15) is 57.5 Å². The number of aliphatic imine (C=N–C) groups is 2. The van der Waals surface area contributed by atoms with E-state index in [1.54, 1.807) is 0 Å². The molecule has 4 aromatic rings. The van der Waals surface area contributed by atoms with Crippen LogP contribution in [0.2, 0.25) is 0 Å². The van der Waals surface area contributed by atoms with E-state index < -0.39 is 94.8 Å². The summed E-state index contributed by atoms with van der Waals surface area (Å²) in [6.45, 7) is -3.14. The summed E-state index contributed by atoms with van der Waals surface area (Å²) in [4.78, 5) is 68.3. The minimum absolute atomic E-state index is 0.125. The highest BCUT2D eigenvalue weighted by Gasteiger charge is 2.34. The Morgan fingerprint density at radius 2 is 0.867 bits per heavy atom. The molecule has 27 nitrogen and oxygen atoms in total. The Morgan fingerprint density at radius 1 is 0.520 bits per heavy atom. The van der Waals surface area contributed by atoms with E-state index in [4.69, 9.17) is 41.9 Å². The third kappa shape index (κ3) is 21.0. The van der Waals surface area contributed by atoms with Crippen LogP contribution in [0, 0.1) is 0 Å². The number of carboxylic acids is 3. The first-order valence-corrected chi connectivity index (χ1v) is 25.4. The molecule has 0 saturated carbocycles. The summed E-state index contributed by atoms with van der Waals surface area (Å²) in [7, 11) is -9.04. The maximum Gasteiger partial charge on any atom is 0.343 e. The van der Waals surface area contributed by atoms with Crippen LogP contribution in [-0.4, -0.2) is 146 Å². The van der Waals surface area contributed by atoms with Crippen LogP contribution in [-0.2, 0) is 57.4 Å². The highest BCUT2D eigenvalue weighted by molar-refractivity contribution is 7.87. The zero-order valence-corrected chi connectivity index (χ0v) is 41.7. The molecule has 14 N–H and O–H groups in total. The third-order valence-electron chi connectivity index (χ3n) is 10.3. The number of aliphatic carboxylic acids is 3. The molecule has 4 aromatic carbocycles. The molecule has 75 heavy (non-hydrogen) atoms. The topological polar surface area (TPSA) is 431 Å². The Kier molecular flexibility index (Phi) is 23.4. The Bertz CT molecular complexity index is 2820. The summed E-state index contributed by atoms with van der Waals surface area (Å²) >= 11 is 0. The van der Waals surface area contributed by atoms with Gasteiger partial charge in [0.2, 0.25) is 0 Å². The lowest BCUT2D eigenvalue weighted by atomic mass is 10.1. The van der Waals surface area contributed by atoms with Crippen molar-refractivity contribution in [2.75, 3.05) is 46.1 Å². The molecule has 1 unspecified atom stereocenters. The number of aliphatic hydroxyl groups is 1. The molecule has 29 heteroatoms. The van der Waals surface area contributed by atoms with Crippen LogP contribution >= 0.6 is 0 Å². The predicted octanol–water partition coefficient (Wildman–Crippen LogP) is 0.485. The summed E-state index contributed by atoms with van der Waals surface area (Å²) in [5, 5.41) is 38.3. The van der Waals surface area contributed by atoms with Gasteiger partial charge < -0.3 is 62.3 Å². The van der Waals surface area contributed by atoms with Crippen molar-refractivity contribution < 1.29 is 80.2 Å². The maximum absolute atomic E-state index is 13.7. The van der Waals surface area contributed by atoms with E-state index in [0.717, 1.165) is 4.31 Å². The van der Waals surface area contributed by atoms with Gasteiger partial charge in [-0.2, -0.15) is 34.9 Å². The lowest BCUT2D eigenvalue weighted by Gasteiger charge is -2.30. The largest absolute Gasteiger partial charge is 0.481 e. The molecule has 0 bridgehead atoms. The quantitative estimate of drug-likeness (QED) is 0.0102. The second kappa shape index (κ2) is 29.3. The number of benzene rings is 4. The van der Waals surface area contributed by atoms with Crippen LogP contribution in [0.3, 0.4) is 0 Å². The van der Waals surface area contributed by atoms with E-state index in [1.165, 1.54) is 97.1 Å². The van der Waals surface area contributed by atoms with Crippen LogP contribution in [0.4, 0.5) is 11.4 Å². The monoisotopic (exact) mass is 1090 g/mol. The Labute approximate surface area is 431 Å². The van der Waals surface area contributed by atoms with Gasteiger partial charge in [0.1, 0.15) is 11.5 Å². The lowest BCUT2D eigenvalue weighted by Crippen LogP contribution is -2.49. The first-order chi connectivity index (χ1) is 35.5. The summed E-state index contributed by atoms with van der Waals surface area (Å²) < 4.78 is 82.7. The molecule has 0 heterocycles. The average Bonchev–Trinajstić information content (AvgIpc) is 3.33. The lowest BCUT2D eigenvalue weighted by molar-refractivity contribution is -0.141. The zero-order valence-electron chi connectivity index (χ0n) is 40.1. The molecule has 0 spiro atoms. The highest BCUT2D eigenvalue weighted by Crippen LogP contribution is 2.21. The number of esters is 2. The van der Waals surface area contributed by atoms with Gasteiger partial charge >= 0.3 is 29.8 Å². The first-order valence-electron chi connectivity index (χ1n) is 22.5. The fourth-order valence-electron chi connectivity index (χ4n) is 6.85. The molecule has 0 radical (unpaired) electrons. The Hall–Kier alpha value is -7.61. The molecule has 0 aromatic heterocycles. The summed E-state index contributed by atoms with van der Waals surface area (Å²) in [6.07, 6.45) is -2.64. The van der Waals surface area contributed by atoms with Gasteiger partial charge in [-0.25, -0.2) is 19.6 Å². The Morgan fingerprint density at radius 3 is 1.20 bits per heavy atom. The van der Waals surface area contributed by atoms with Crippen molar-refractivity contribution in [3.8, 4) is 11.5 Å². The van der Waals surface area contributed by atoms with Crippen LogP contribution in [0.15, 0.2) is 107 Å². The van der Waals surface area contributed by atoms with Crippen molar-refractivity contribution in [2.45, 2.75) is 50.9 Å². The van der Waals surface area contributed by atoms with E-state index in [9.17, 15) is 61.2 Å². The SMILES string of the molecule is NC(N)=Nc1ccc(C(=O)Oc2ccc(CNS(=O)(=O)N(CCOCCOCCN(C(CC(=O)O)CC(=O)O)S(=O)(=O)NCc3ccc(OC(=O)c4ccc(N=C(N)N)cc4)cc3)C(CCO)CC(=O)O)cc2)cc1. The van der Waals surface area contributed by atoms with Gasteiger partial charge in [-0.1, -0.05) is 24.3 Å². The van der Waals surface area contributed by atoms with Crippen LogP contribution in [0.25, 0.3) is 0 Å².